The van der Waals surface area contributed by atoms with Crippen molar-refractivity contribution in [2.24, 2.45) is 0 Å². The van der Waals surface area contributed by atoms with Crippen LogP contribution in [-0.2, 0) is 0 Å². The molecule has 150 valence electrons. The molecule has 0 aliphatic heterocycles. The molecule has 0 amide bonds. The average Bonchev–Trinajstić information content (AvgIpc) is 2.98. The van der Waals surface area contributed by atoms with Gasteiger partial charge < -0.3 is 4.74 Å². The molecular weight excluding hydrogens is 386 g/mol. The minimum absolute atomic E-state index is 0.146. The minimum Gasteiger partial charge on any atom is -0.482 e. The fourth-order valence-corrected chi connectivity index (χ4v) is 3.53. The van der Waals surface area contributed by atoms with Crippen molar-refractivity contribution in [2.45, 2.75) is 26.9 Å². The van der Waals surface area contributed by atoms with Crippen LogP contribution in [0.25, 0.3) is 27.9 Å². The molecule has 0 atom stereocenters. The predicted octanol–water partition coefficient (Wildman–Crippen LogP) is 5.55. The van der Waals surface area contributed by atoms with E-state index in [1.54, 1.807) is 11.3 Å². The van der Waals surface area contributed by atoms with E-state index in [2.05, 4.69) is 9.97 Å². The molecule has 0 radical (unpaired) electrons. The summed E-state index contributed by atoms with van der Waals surface area (Å²) in [6.07, 6.45) is -4.55. The topological polar surface area (TPSA) is 39.4 Å². The average molecular weight is 403 g/mol. The Balaban J connectivity index is 2.07. The second-order valence-electron chi connectivity index (χ2n) is 6.89. The molecule has 2 aromatic carbocycles. The van der Waals surface area contributed by atoms with Gasteiger partial charge in [0.15, 0.2) is 12.4 Å². The van der Waals surface area contributed by atoms with E-state index >= 15 is 0 Å². The van der Waals surface area contributed by atoms with Gasteiger partial charge in [-0.2, -0.15) is 13.2 Å². The molecule has 0 aliphatic rings. The highest BCUT2D eigenvalue weighted by molar-refractivity contribution is 5.88. The summed E-state index contributed by atoms with van der Waals surface area (Å²) in [7, 11) is 0. The summed E-state index contributed by atoms with van der Waals surface area (Å²) >= 11 is 0. The summed E-state index contributed by atoms with van der Waals surface area (Å²) in [5.41, 5.74) is 4.18. The summed E-state index contributed by atoms with van der Waals surface area (Å²) in [5.74, 6) is -0.411. The molecule has 0 saturated carbocycles. The summed E-state index contributed by atoms with van der Waals surface area (Å²) in [6.45, 7) is 3.96. The predicted molar refractivity (Wildman–Crippen MR) is 102 cm³/mol. The van der Waals surface area contributed by atoms with Crippen LogP contribution in [0.4, 0.5) is 17.6 Å². The number of ether oxygens (including phenoxy) is 1. The number of halogens is 4. The molecule has 4 rings (SSSR count). The number of aryl methyl sites for hydroxylation is 3. The SMILES string of the molecule is Cc1ccccc1-c1nc(C)c2c(C)nc3c(OCC(F)(F)F)cc(F)cc3n12. The van der Waals surface area contributed by atoms with Crippen LogP contribution in [0.5, 0.6) is 5.75 Å². The first kappa shape index (κ1) is 19.2. The van der Waals surface area contributed by atoms with Crippen LogP contribution in [0.3, 0.4) is 0 Å². The van der Waals surface area contributed by atoms with Crippen LogP contribution in [-0.4, -0.2) is 27.2 Å². The van der Waals surface area contributed by atoms with E-state index in [1.165, 1.54) is 6.07 Å². The Morgan fingerprint density at radius 2 is 1.69 bits per heavy atom. The first-order chi connectivity index (χ1) is 13.7. The minimum atomic E-state index is -4.55. The van der Waals surface area contributed by atoms with E-state index in [0.29, 0.717) is 28.2 Å². The van der Waals surface area contributed by atoms with Crippen LogP contribution >= 0.6 is 0 Å². The lowest BCUT2D eigenvalue weighted by atomic mass is 10.1. The fraction of sp³-hybridized carbons (Fsp3) is 0.238. The highest BCUT2D eigenvalue weighted by Gasteiger charge is 2.29. The van der Waals surface area contributed by atoms with Crippen LogP contribution < -0.4 is 4.74 Å². The highest BCUT2D eigenvalue weighted by atomic mass is 19.4. The molecule has 0 saturated heterocycles. The molecular formula is C21H17F4N3O. The van der Waals surface area contributed by atoms with Gasteiger partial charge in [0.25, 0.3) is 0 Å². The Hall–Kier alpha value is -3.16. The number of nitrogens with zero attached hydrogens (tertiary/aromatic N) is 3. The third kappa shape index (κ3) is 3.39. The Kier molecular flexibility index (Phi) is 4.44. The molecule has 0 spiro atoms. The third-order valence-corrected chi connectivity index (χ3v) is 4.71. The molecule has 0 fully saturated rings. The van der Waals surface area contributed by atoms with E-state index in [1.807, 2.05) is 38.1 Å². The van der Waals surface area contributed by atoms with Crippen molar-refractivity contribution in [3.8, 4) is 17.1 Å². The molecule has 4 aromatic rings. The van der Waals surface area contributed by atoms with Gasteiger partial charge in [0.1, 0.15) is 17.2 Å². The molecule has 0 bridgehead atoms. The zero-order chi connectivity index (χ0) is 20.9. The van der Waals surface area contributed by atoms with E-state index in [0.717, 1.165) is 17.2 Å². The number of benzene rings is 2. The maximum Gasteiger partial charge on any atom is 0.422 e. The van der Waals surface area contributed by atoms with Crippen LogP contribution in [0.15, 0.2) is 36.4 Å². The Bertz CT molecular complexity index is 1240. The second-order valence-corrected chi connectivity index (χ2v) is 6.89. The van der Waals surface area contributed by atoms with Crippen molar-refractivity contribution in [2.75, 3.05) is 6.61 Å². The molecule has 29 heavy (non-hydrogen) atoms. The quantitative estimate of drug-likeness (QED) is 0.421. The number of imidazole rings is 1. The van der Waals surface area contributed by atoms with Gasteiger partial charge in [0.2, 0.25) is 0 Å². The summed E-state index contributed by atoms with van der Waals surface area (Å²) in [5, 5.41) is 0. The maximum absolute atomic E-state index is 14.3. The first-order valence-electron chi connectivity index (χ1n) is 8.90. The fourth-order valence-electron chi connectivity index (χ4n) is 3.53. The molecule has 0 unspecified atom stereocenters. The van der Waals surface area contributed by atoms with Gasteiger partial charge in [0.05, 0.1) is 22.4 Å². The molecule has 8 heteroatoms. The van der Waals surface area contributed by atoms with E-state index in [9.17, 15) is 17.6 Å². The monoisotopic (exact) mass is 403 g/mol. The Morgan fingerprint density at radius 3 is 2.38 bits per heavy atom. The van der Waals surface area contributed by atoms with Crippen molar-refractivity contribution in [1.82, 2.24) is 14.4 Å². The Morgan fingerprint density at radius 1 is 1.00 bits per heavy atom. The van der Waals surface area contributed by atoms with Gasteiger partial charge >= 0.3 is 6.18 Å². The van der Waals surface area contributed by atoms with Gasteiger partial charge in [0, 0.05) is 17.7 Å². The van der Waals surface area contributed by atoms with Gasteiger partial charge in [-0.1, -0.05) is 24.3 Å². The van der Waals surface area contributed by atoms with Crippen molar-refractivity contribution < 1.29 is 22.3 Å². The lowest BCUT2D eigenvalue weighted by Crippen LogP contribution is -2.19. The maximum atomic E-state index is 14.3. The number of hydrogen-bond acceptors (Lipinski definition) is 3. The smallest absolute Gasteiger partial charge is 0.422 e. The number of rotatable bonds is 3. The first-order valence-corrected chi connectivity index (χ1v) is 8.90. The summed E-state index contributed by atoms with van der Waals surface area (Å²) in [6, 6.07) is 9.75. The number of aromatic nitrogens is 3. The van der Waals surface area contributed by atoms with Crippen molar-refractivity contribution in [1.29, 1.82) is 0 Å². The lowest BCUT2D eigenvalue weighted by molar-refractivity contribution is -0.153. The number of hydrogen-bond donors (Lipinski definition) is 0. The normalized spacial score (nSPS) is 12.1. The van der Waals surface area contributed by atoms with E-state index < -0.39 is 18.6 Å². The summed E-state index contributed by atoms with van der Waals surface area (Å²) < 4.78 is 58.9. The molecule has 0 aliphatic carbocycles. The molecule has 4 nitrogen and oxygen atoms in total. The molecule has 0 N–H and O–H groups in total. The lowest BCUT2D eigenvalue weighted by Gasteiger charge is -2.14. The van der Waals surface area contributed by atoms with Crippen molar-refractivity contribution in [3.63, 3.8) is 0 Å². The zero-order valence-electron chi connectivity index (χ0n) is 15.9. The zero-order valence-corrected chi connectivity index (χ0v) is 15.9. The van der Waals surface area contributed by atoms with E-state index in [4.69, 9.17) is 4.74 Å². The van der Waals surface area contributed by atoms with Gasteiger partial charge in [-0.15, -0.1) is 0 Å². The summed E-state index contributed by atoms with van der Waals surface area (Å²) in [4.78, 5) is 9.07. The molecule has 2 heterocycles. The van der Waals surface area contributed by atoms with Crippen LogP contribution in [0.2, 0.25) is 0 Å². The Labute approximate surface area is 163 Å². The van der Waals surface area contributed by atoms with E-state index in [-0.39, 0.29) is 11.3 Å². The van der Waals surface area contributed by atoms with Gasteiger partial charge in [-0.3, -0.25) is 4.40 Å². The largest absolute Gasteiger partial charge is 0.482 e. The standard InChI is InChI=1S/C21H17F4N3O/c1-11-6-4-5-7-15(11)20-27-13(3)19-12(2)26-18-16(28(19)20)8-14(22)9-17(18)29-10-21(23,24)25/h4-9H,10H2,1-3H3. The van der Waals surface area contributed by atoms with Crippen molar-refractivity contribution >= 4 is 16.6 Å². The van der Waals surface area contributed by atoms with Crippen LogP contribution in [0.1, 0.15) is 17.0 Å². The third-order valence-electron chi connectivity index (χ3n) is 4.71. The number of fused-ring (bicyclic) bond motifs is 3. The highest BCUT2D eigenvalue weighted by Crippen LogP contribution is 2.34. The van der Waals surface area contributed by atoms with Gasteiger partial charge in [-0.25, -0.2) is 14.4 Å². The van der Waals surface area contributed by atoms with Gasteiger partial charge in [-0.05, 0) is 26.3 Å². The van der Waals surface area contributed by atoms with Crippen molar-refractivity contribution in [3.05, 3.63) is 59.2 Å². The second kappa shape index (κ2) is 6.72. The molecule has 2 aromatic heterocycles. The van der Waals surface area contributed by atoms with Crippen LogP contribution in [0, 0.1) is 26.6 Å². The number of alkyl halides is 3.